The van der Waals surface area contributed by atoms with Crippen molar-refractivity contribution in [3.8, 4) is 0 Å². The third-order valence-electron chi connectivity index (χ3n) is 4.73. The van der Waals surface area contributed by atoms with Gasteiger partial charge in [0.15, 0.2) is 5.70 Å². The van der Waals surface area contributed by atoms with Gasteiger partial charge in [0.05, 0.1) is 0 Å². The maximum atomic E-state index is 13.7. The zero-order valence-corrected chi connectivity index (χ0v) is 13.4. The molecule has 0 spiro atoms. The maximum Gasteiger partial charge on any atom is 0.363 e. The summed E-state index contributed by atoms with van der Waals surface area (Å²) in [6, 6.07) is 6.34. The second-order valence-electron chi connectivity index (χ2n) is 6.40. The lowest BCUT2D eigenvalue weighted by atomic mass is 9.80. The zero-order chi connectivity index (χ0) is 16.2. The van der Waals surface area contributed by atoms with Crippen LogP contribution in [0.15, 0.2) is 35.0 Å². The number of esters is 1. The average molecular weight is 315 g/mol. The van der Waals surface area contributed by atoms with Gasteiger partial charge < -0.3 is 4.74 Å². The number of ether oxygens (including phenoxy) is 1. The Morgan fingerprint density at radius 3 is 2.70 bits per heavy atom. The van der Waals surface area contributed by atoms with Crippen molar-refractivity contribution in [2.75, 3.05) is 0 Å². The second kappa shape index (κ2) is 7.07. The molecule has 1 aromatic carbocycles. The quantitative estimate of drug-likeness (QED) is 0.595. The van der Waals surface area contributed by atoms with Crippen LogP contribution in [0.2, 0.25) is 0 Å². The van der Waals surface area contributed by atoms with Crippen molar-refractivity contribution in [2.24, 2.45) is 16.8 Å². The maximum absolute atomic E-state index is 13.7. The van der Waals surface area contributed by atoms with Gasteiger partial charge in [-0.2, -0.15) is 0 Å². The van der Waals surface area contributed by atoms with Crippen LogP contribution in [0.1, 0.15) is 51.0 Å². The minimum Gasteiger partial charge on any atom is -0.406 e. The minimum absolute atomic E-state index is 0.195. The van der Waals surface area contributed by atoms with Crippen LogP contribution in [0.5, 0.6) is 0 Å². The topological polar surface area (TPSA) is 38.7 Å². The first-order valence-corrected chi connectivity index (χ1v) is 8.44. The van der Waals surface area contributed by atoms with Gasteiger partial charge in [-0.05, 0) is 43.7 Å². The number of carbonyl (C=O) groups excluding carboxylic acids is 1. The number of aliphatic imine (C=N–C) groups is 1. The molecule has 0 atom stereocenters. The Morgan fingerprint density at radius 2 is 2.00 bits per heavy atom. The fourth-order valence-corrected chi connectivity index (χ4v) is 3.45. The highest BCUT2D eigenvalue weighted by Crippen LogP contribution is 2.34. The predicted molar refractivity (Wildman–Crippen MR) is 88.3 cm³/mol. The Labute approximate surface area is 136 Å². The molecular formula is C19H22FNO2. The molecule has 0 N–H and O–H groups in total. The van der Waals surface area contributed by atoms with E-state index in [1.165, 1.54) is 37.8 Å². The van der Waals surface area contributed by atoms with E-state index in [-0.39, 0.29) is 17.4 Å². The van der Waals surface area contributed by atoms with Gasteiger partial charge in [0.1, 0.15) is 5.82 Å². The van der Waals surface area contributed by atoms with E-state index in [1.54, 1.807) is 18.2 Å². The third kappa shape index (κ3) is 3.69. The molecule has 0 aromatic heterocycles. The molecule has 3 nitrogen and oxygen atoms in total. The number of carbonyl (C=O) groups is 1. The van der Waals surface area contributed by atoms with Crippen LogP contribution in [0.4, 0.5) is 4.39 Å². The lowest BCUT2D eigenvalue weighted by molar-refractivity contribution is -0.130. The summed E-state index contributed by atoms with van der Waals surface area (Å²) >= 11 is 0. The number of nitrogens with zero attached hydrogens (tertiary/aromatic N) is 1. The summed E-state index contributed by atoms with van der Waals surface area (Å²) < 4.78 is 19.0. The Bertz CT molecular complexity index is 643. The first kappa shape index (κ1) is 15.9. The Hall–Kier alpha value is -1.97. The molecule has 0 radical (unpaired) electrons. The van der Waals surface area contributed by atoms with Crippen LogP contribution < -0.4 is 0 Å². The lowest BCUT2D eigenvalue weighted by Gasteiger charge is -2.27. The lowest BCUT2D eigenvalue weighted by Crippen LogP contribution is -2.22. The number of rotatable bonds is 4. The molecule has 1 aliphatic heterocycles. The predicted octanol–water partition coefficient (Wildman–Crippen LogP) is 4.73. The van der Waals surface area contributed by atoms with Gasteiger partial charge in [0, 0.05) is 11.5 Å². The van der Waals surface area contributed by atoms with Crippen LogP contribution in [0, 0.1) is 17.7 Å². The molecule has 1 heterocycles. The van der Waals surface area contributed by atoms with Crippen molar-refractivity contribution >= 4 is 17.9 Å². The van der Waals surface area contributed by atoms with Crippen LogP contribution in [-0.4, -0.2) is 11.9 Å². The molecule has 1 fully saturated rings. The normalized spacial score (nSPS) is 26.3. The van der Waals surface area contributed by atoms with Crippen LogP contribution in [-0.2, 0) is 9.53 Å². The average Bonchev–Trinajstić information content (AvgIpc) is 2.92. The number of cyclic esters (lactones) is 1. The number of halogens is 1. The summed E-state index contributed by atoms with van der Waals surface area (Å²) in [6.07, 6.45) is 8.34. The summed E-state index contributed by atoms with van der Waals surface area (Å²) in [5, 5.41) is 0. The van der Waals surface area contributed by atoms with Crippen molar-refractivity contribution in [2.45, 2.75) is 45.4 Å². The second-order valence-corrected chi connectivity index (χ2v) is 6.40. The van der Waals surface area contributed by atoms with Gasteiger partial charge >= 0.3 is 5.97 Å². The number of hydrogen-bond donors (Lipinski definition) is 0. The van der Waals surface area contributed by atoms with Crippen molar-refractivity contribution in [1.29, 1.82) is 0 Å². The smallest absolute Gasteiger partial charge is 0.363 e. The summed E-state index contributed by atoms with van der Waals surface area (Å²) in [5.41, 5.74) is 0.553. The Morgan fingerprint density at radius 1 is 1.26 bits per heavy atom. The summed E-state index contributed by atoms with van der Waals surface area (Å²) in [6.45, 7) is 2.22. The SMILES string of the molecule is CCCC1CCC(C2=N/C(=C/c3ccccc3F)C(=O)O2)CC1. The van der Waals surface area contributed by atoms with Gasteiger partial charge in [-0.15, -0.1) is 0 Å². The fraction of sp³-hybridized carbons (Fsp3) is 0.474. The largest absolute Gasteiger partial charge is 0.406 e. The molecule has 1 aliphatic carbocycles. The highest BCUT2D eigenvalue weighted by molar-refractivity contribution is 6.07. The van der Waals surface area contributed by atoms with Gasteiger partial charge in [0.25, 0.3) is 0 Å². The Balaban J connectivity index is 1.71. The van der Waals surface area contributed by atoms with Gasteiger partial charge in [-0.1, -0.05) is 38.0 Å². The molecule has 23 heavy (non-hydrogen) atoms. The van der Waals surface area contributed by atoms with E-state index in [2.05, 4.69) is 11.9 Å². The zero-order valence-electron chi connectivity index (χ0n) is 13.4. The van der Waals surface area contributed by atoms with Crippen LogP contribution in [0.25, 0.3) is 6.08 Å². The van der Waals surface area contributed by atoms with Crippen molar-refractivity contribution in [3.05, 3.63) is 41.3 Å². The van der Waals surface area contributed by atoms with E-state index >= 15 is 0 Å². The molecule has 4 heteroatoms. The molecular weight excluding hydrogens is 293 g/mol. The molecule has 3 rings (SSSR count). The first-order chi connectivity index (χ1) is 11.2. The third-order valence-corrected chi connectivity index (χ3v) is 4.73. The molecule has 2 aliphatic rings. The molecule has 122 valence electrons. The summed E-state index contributed by atoms with van der Waals surface area (Å²) in [7, 11) is 0. The molecule has 1 saturated carbocycles. The molecule has 0 saturated heterocycles. The molecule has 0 bridgehead atoms. The van der Waals surface area contributed by atoms with E-state index < -0.39 is 5.97 Å². The van der Waals surface area contributed by atoms with Crippen LogP contribution >= 0.6 is 0 Å². The van der Waals surface area contributed by atoms with Crippen LogP contribution in [0.3, 0.4) is 0 Å². The highest BCUT2D eigenvalue weighted by Gasteiger charge is 2.32. The van der Waals surface area contributed by atoms with E-state index in [0.717, 1.165) is 18.8 Å². The summed E-state index contributed by atoms with van der Waals surface area (Å²) in [4.78, 5) is 16.3. The first-order valence-electron chi connectivity index (χ1n) is 8.44. The van der Waals surface area contributed by atoms with Crippen molar-refractivity contribution in [1.82, 2.24) is 0 Å². The standard InChI is InChI=1S/C19H22FNO2/c1-2-5-13-8-10-14(11-9-13)18-21-17(19(22)23-18)12-15-6-3-4-7-16(15)20/h3-4,6-7,12-14H,2,5,8-11H2,1H3/b17-12+. The fourth-order valence-electron chi connectivity index (χ4n) is 3.45. The van der Waals surface area contributed by atoms with E-state index in [1.807, 2.05) is 0 Å². The van der Waals surface area contributed by atoms with Gasteiger partial charge in [-0.3, -0.25) is 0 Å². The number of hydrogen-bond acceptors (Lipinski definition) is 3. The Kier molecular flexibility index (Phi) is 4.89. The van der Waals surface area contributed by atoms with E-state index in [9.17, 15) is 9.18 Å². The number of benzene rings is 1. The van der Waals surface area contributed by atoms with E-state index in [4.69, 9.17) is 4.74 Å². The molecule has 0 amide bonds. The highest BCUT2D eigenvalue weighted by atomic mass is 19.1. The monoisotopic (exact) mass is 315 g/mol. The molecule has 1 aromatic rings. The molecule has 0 unspecified atom stereocenters. The summed E-state index contributed by atoms with van der Waals surface area (Å²) in [5.74, 6) is 0.698. The minimum atomic E-state index is -0.473. The van der Waals surface area contributed by atoms with Gasteiger partial charge in [0.2, 0.25) is 5.90 Å². The van der Waals surface area contributed by atoms with Crippen molar-refractivity contribution < 1.29 is 13.9 Å². The van der Waals surface area contributed by atoms with Gasteiger partial charge in [-0.25, -0.2) is 14.2 Å². The van der Waals surface area contributed by atoms with E-state index in [0.29, 0.717) is 11.5 Å². The van der Waals surface area contributed by atoms with Crippen molar-refractivity contribution in [3.63, 3.8) is 0 Å².